The normalized spacial score (nSPS) is 18.2. The van der Waals surface area contributed by atoms with Crippen LogP contribution in [0.15, 0.2) is 35.7 Å². The van der Waals surface area contributed by atoms with Crippen LogP contribution in [0.25, 0.3) is 5.70 Å². The molecule has 29 heavy (non-hydrogen) atoms. The van der Waals surface area contributed by atoms with Gasteiger partial charge in [0.05, 0.1) is 12.5 Å². The van der Waals surface area contributed by atoms with Crippen molar-refractivity contribution in [3.05, 3.63) is 52.1 Å². The highest BCUT2D eigenvalue weighted by Gasteiger charge is 2.27. The largest absolute Gasteiger partial charge is 0.465 e. The van der Waals surface area contributed by atoms with Crippen LogP contribution in [0.4, 0.5) is 4.39 Å². The summed E-state index contributed by atoms with van der Waals surface area (Å²) < 4.78 is 24.4. The van der Waals surface area contributed by atoms with E-state index in [4.69, 9.17) is 32.5 Å². The summed E-state index contributed by atoms with van der Waals surface area (Å²) in [7, 11) is 0. The Labute approximate surface area is 173 Å². The molecule has 1 aromatic carbocycles. The summed E-state index contributed by atoms with van der Waals surface area (Å²) >= 11 is 5.91. The number of cyclic esters (lactones) is 1. The molecule has 7 nitrogen and oxygen atoms in total. The van der Waals surface area contributed by atoms with Crippen LogP contribution in [0.1, 0.15) is 32.8 Å². The second kappa shape index (κ2) is 9.17. The smallest absolute Gasteiger partial charge is 0.342 e. The number of halogens is 2. The van der Waals surface area contributed by atoms with Gasteiger partial charge in [0.2, 0.25) is 0 Å². The van der Waals surface area contributed by atoms with Crippen LogP contribution in [0.5, 0.6) is 0 Å². The second-order valence-electron chi connectivity index (χ2n) is 7.59. The first-order chi connectivity index (χ1) is 13.5. The fraction of sp³-hybridized carbons (Fsp3) is 0.400. The third kappa shape index (κ3) is 6.39. The molecule has 1 aromatic rings. The lowest BCUT2D eigenvalue weighted by molar-refractivity contribution is -0.149. The van der Waals surface area contributed by atoms with E-state index >= 15 is 0 Å². The Morgan fingerprint density at radius 3 is 2.69 bits per heavy atom. The first-order valence-electron chi connectivity index (χ1n) is 9.04. The van der Waals surface area contributed by atoms with E-state index in [1.807, 2.05) is 0 Å². The molecule has 0 spiro atoms. The average molecular weight is 426 g/mol. The van der Waals surface area contributed by atoms with Gasteiger partial charge in [0.25, 0.3) is 0 Å². The van der Waals surface area contributed by atoms with Crippen molar-refractivity contribution in [2.45, 2.75) is 32.8 Å². The quantitative estimate of drug-likeness (QED) is 0.364. The molecule has 1 aliphatic rings. The van der Waals surface area contributed by atoms with E-state index in [1.165, 1.54) is 24.3 Å². The number of carbonyl (C=O) groups is 2. The minimum atomic E-state index is -0.790. The van der Waals surface area contributed by atoms with Gasteiger partial charge in [0.1, 0.15) is 22.8 Å². The first kappa shape index (κ1) is 22.5. The fourth-order valence-electron chi connectivity index (χ4n) is 2.58. The topological polar surface area (TPSA) is 117 Å². The highest BCUT2D eigenvalue weighted by Crippen LogP contribution is 2.22. The van der Waals surface area contributed by atoms with Gasteiger partial charge in [-0.3, -0.25) is 4.79 Å². The Hall–Kier alpha value is -2.74. The highest BCUT2D eigenvalue weighted by molar-refractivity contribution is 6.30. The lowest BCUT2D eigenvalue weighted by atomic mass is 10.1. The Kier molecular flexibility index (Phi) is 7.13. The minimum absolute atomic E-state index is 0.0192. The lowest BCUT2D eigenvalue weighted by Gasteiger charge is -2.21. The van der Waals surface area contributed by atoms with Crippen LogP contribution >= 0.6 is 11.6 Å². The number of ether oxygens (including phenoxy) is 2. The van der Waals surface area contributed by atoms with Crippen molar-refractivity contribution in [1.82, 2.24) is 5.32 Å². The summed E-state index contributed by atoms with van der Waals surface area (Å²) in [6, 6.07) is 3.89. The maximum Gasteiger partial charge on any atom is 0.342 e. The van der Waals surface area contributed by atoms with Gasteiger partial charge in [-0.1, -0.05) is 11.6 Å². The van der Waals surface area contributed by atoms with Gasteiger partial charge in [-0.25, -0.2) is 9.18 Å². The summed E-state index contributed by atoms with van der Waals surface area (Å²) in [6.45, 7) is 5.62. The summed E-state index contributed by atoms with van der Waals surface area (Å²) in [5, 5.41) is 3.12. The molecule has 0 radical (unpaired) electrons. The zero-order chi connectivity index (χ0) is 21.8. The number of benzene rings is 1. The maximum absolute atomic E-state index is 14.1. The van der Waals surface area contributed by atoms with Crippen molar-refractivity contribution in [3.63, 3.8) is 0 Å². The molecule has 1 aliphatic heterocycles. The standard InChI is InChI=1S/C20H25ClFN3O4/c1-20(2,3)29-19(27)14(17(24)25-10-11-6-7-28-18(11)26)9-16(23)13-8-12(21)4-5-15(13)22/h4-5,8-9,11,25H,6-7,10,23-24H2,1-3H3/b16-9-,17-14-. The molecule has 1 saturated heterocycles. The van der Waals surface area contributed by atoms with Gasteiger partial charge < -0.3 is 26.3 Å². The molecule has 1 atom stereocenters. The van der Waals surface area contributed by atoms with Crippen molar-refractivity contribution in [3.8, 4) is 0 Å². The molecule has 0 amide bonds. The molecule has 1 unspecified atom stereocenters. The Morgan fingerprint density at radius 2 is 2.10 bits per heavy atom. The van der Waals surface area contributed by atoms with Crippen molar-refractivity contribution in [1.29, 1.82) is 0 Å². The van der Waals surface area contributed by atoms with E-state index < -0.39 is 17.4 Å². The van der Waals surface area contributed by atoms with Gasteiger partial charge in [-0.15, -0.1) is 0 Å². The third-order valence-corrected chi connectivity index (χ3v) is 4.27. The van der Waals surface area contributed by atoms with Crippen molar-refractivity contribution in [2.24, 2.45) is 17.4 Å². The summed E-state index contributed by atoms with van der Waals surface area (Å²) in [6.07, 6.45) is 1.77. The first-order valence-corrected chi connectivity index (χ1v) is 9.42. The Balaban J connectivity index is 2.36. The maximum atomic E-state index is 14.1. The number of rotatable bonds is 6. The van der Waals surface area contributed by atoms with Gasteiger partial charge in [0, 0.05) is 22.8 Å². The Morgan fingerprint density at radius 1 is 1.41 bits per heavy atom. The Bertz CT molecular complexity index is 862. The van der Waals surface area contributed by atoms with Crippen molar-refractivity contribution < 1.29 is 23.5 Å². The SMILES string of the molecule is CC(C)(C)OC(=O)C(/C=C(\N)c1cc(Cl)ccc1F)=C(/N)NCC1CCOC1=O. The van der Waals surface area contributed by atoms with Crippen molar-refractivity contribution >= 4 is 29.2 Å². The van der Waals surface area contributed by atoms with E-state index in [2.05, 4.69) is 5.32 Å². The number of carbonyl (C=O) groups excluding carboxylic acids is 2. The van der Waals surface area contributed by atoms with Crippen LogP contribution < -0.4 is 16.8 Å². The number of nitrogens with one attached hydrogen (secondary N) is 1. The lowest BCUT2D eigenvalue weighted by Crippen LogP contribution is -2.33. The molecule has 0 aliphatic carbocycles. The molecule has 0 saturated carbocycles. The predicted octanol–water partition coefficient (Wildman–Crippen LogP) is 2.44. The molecule has 9 heteroatoms. The molecule has 5 N–H and O–H groups in total. The monoisotopic (exact) mass is 425 g/mol. The van der Waals surface area contributed by atoms with Gasteiger partial charge in [-0.05, 0) is 51.5 Å². The number of hydrogen-bond acceptors (Lipinski definition) is 7. The van der Waals surface area contributed by atoms with Crippen LogP contribution in [0.2, 0.25) is 5.02 Å². The molecule has 2 rings (SSSR count). The van der Waals surface area contributed by atoms with E-state index in [-0.39, 0.29) is 46.1 Å². The second-order valence-corrected chi connectivity index (χ2v) is 8.02. The van der Waals surface area contributed by atoms with Gasteiger partial charge in [0.15, 0.2) is 0 Å². The molecule has 1 fully saturated rings. The molecule has 0 aromatic heterocycles. The van der Waals surface area contributed by atoms with Crippen LogP contribution in [0, 0.1) is 11.7 Å². The summed E-state index contributed by atoms with van der Waals surface area (Å²) in [4.78, 5) is 24.3. The van der Waals surface area contributed by atoms with Gasteiger partial charge >= 0.3 is 11.9 Å². The van der Waals surface area contributed by atoms with E-state index in [9.17, 15) is 14.0 Å². The number of hydrogen-bond donors (Lipinski definition) is 3. The van der Waals surface area contributed by atoms with E-state index in [1.54, 1.807) is 20.8 Å². The highest BCUT2D eigenvalue weighted by atomic mass is 35.5. The average Bonchev–Trinajstić information content (AvgIpc) is 3.02. The van der Waals surface area contributed by atoms with Crippen LogP contribution in [0.3, 0.4) is 0 Å². The zero-order valence-electron chi connectivity index (χ0n) is 16.6. The molecule has 158 valence electrons. The summed E-state index contributed by atoms with van der Waals surface area (Å²) in [5.41, 5.74) is 11.1. The van der Waals surface area contributed by atoms with Crippen molar-refractivity contribution in [2.75, 3.05) is 13.2 Å². The zero-order valence-corrected chi connectivity index (χ0v) is 17.3. The predicted molar refractivity (Wildman–Crippen MR) is 108 cm³/mol. The number of nitrogens with two attached hydrogens (primary N) is 2. The van der Waals surface area contributed by atoms with Crippen LogP contribution in [-0.4, -0.2) is 30.7 Å². The molecular formula is C20H25ClFN3O4. The molecular weight excluding hydrogens is 401 g/mol. The third-order valence-electron chi connectivity index (χ3n) is 4.03. The van der Waals surface area contributed by atoms with E-state index in [0.29, 0.717) is 13.0 Å². The van der Waals surface area contributed by atoms with E-state index in [0.717, 1.165) is 0 Å². The molecule has 1 heterocycles. The van der Waals surface area contributed by atoms with Crippen LogP contribution in [-0.2, 0) is 19.1 Å². The fourth-order valence-corrected chi connectivity index (χ4v) is 2.76. The number of esters is 2. The molecule has 0 bridgehead atoms. The summed E-state index contributed by atoms with van der Waals surface area (Å²) in [5.74, 6) is -2.11. The van der Waals surface area contributed by atoms with Gasteiger partial charge in [-0.2, -0.15) is 0 Å². The minimum Gasteiger partial charge on any atom is -0.465 e.